The summed E-state index contributed by atoms with van der Waals surface area (Å²) in [5.41, 5.74) is 0.730. The highest BCUT2D eigenvalue weighted by Crippen LogP contribution is 2.37. The van der Waals surface area contributed by atoms with Crippen molar-refractivity contribution in [2.45, 2.75) is 19.8 Å². The lowest BCUT2D eigenvalue weighted by Gasteiger charge is -2.12. The van der Waals surface area contributed by atoms with Crippen LogP contribution in [0.1, 0.15) is 18.9 Å². The first-order valence-corrected chi connectivity index (χ1v) is 5.62. The number of Topliss-reactive ketones (excluding diaryl/α,β-unsaturated/α-hetero) is 1. The molecule has 4 heteroatoms. The molecule has 1 heterocycles. The molecule has 0 amide bonds. The number of hydrogen-bond donors (Lipinski definition) is 0. The normalized spacial score (nSPS) is 14.4. The van der Waals surface area contributed by atoms with Crippen LogP contribution in [0.3, 0.4) is 0 Å². The summed E-state index contributed by atoms with van der Waals surface area (Å²) in [5.74, 6) is 1.36. The Balaban J connectivity index is 2.44. The second-order valence-electron chi connectivity index (χ2n) is 3.78. The van der Waals surface area contributed by atoms with Crippen molar-refractivity contribution < 1.29 is 14.3 Å². The fourth-order valence-corrected chi connectivity index (χ4v) is 1.90. The van der Waals surface area contributed by atoms with Gasteiger partial charge in [0.2, 0.25) is 0 Å². The van der Waals surface area contributed by atoms with E-state index in [-0.39, 0.29) is 12.2 Å². The molecule has 0 aromatic heterocycles. The Bertz CT molecular complexity index is 415. The number of halogens is 1. The van der Waals surface area contributed by atoms with Crippen LogP contribution >= 0.6 is 11.6 Å². The summed E-state index contributed by atoms with van der Waals surface area (Å²) in [6, 6.07) is 3.53. The van der Waals surface area contributed by atoms with Crippen molar-refractivity contribution in [3.63, 3.8) is 0 Å². The SMILES string of the molecule is CC(=O)Cc1c(Cl)ccc2c1OCCCO2. The van der Waals surface area contributed by atoms with Crippen LogP contribution in [0.25, 0.3) is 0 Å². The predicted molar refractivity (Wildman–Crippen MR) is 61.4 cm³/mol. The molecule has 86 valence electrons. The van der Waals surface area contributed by atoms with Gasteiger partial charge in [0.05, 0.1) is 13.2 Å². The zero-order valence-electron chi connectivity index (χ0n) is 9.09. The summed E-state index contributed by atoms with van der Waals surface area (Å²) in [5, 5.41) is 0.555. The van der Waals surface area contributed by atoms with E-state index in [0.717, 1.165) is 12.0 Å². The van der Waals surface area contributed by atoms with Crippen molar-refractivity contribution in [1.82, 2.24) is 0 Å². The first-order chi connectivity index (χ1) is 7.68. The molecule has 0 unspecified atom stereocenters. The minimum absolute atomic E-state index is 0.0585. The van der Waals surface area contributed by atoms with Gasteiger partial charge in [-0.05, 0) is 19.1 Å². The van der Waals surface area contributed by atoms with Crippen molar-refractivity contribution in [3.05, 3.63) is 22.7 Å². The Morgan fingerprint density at radius 3 is 2.88 bits per heavy atom. The van der Waals surface area contributed by atoms with Crippen molar-refractivity contribution in [2.75, 3.05) is 13.2 Å². The summed E-state index contributed by atoms with van der Waals surface area (Å²) in [6.45, 7) is 2.76. The number of carbonyl (C=O) groups excluding carboxylic acids is 1. The number of hydrogen-bond acceptors (Lipinski definition) is 3. The van der Waals surface area contributed by atoms with Gasteiger partial charge in [0.25, 0.3) is 0 Å². The van der Waals surface area contributed by atoms with Crippen LogP contribution in [0.4, 0.5) is 0 Å². The van der Waals surface area contributed by atoms with Crippen molar-refractivity contribution in [3.8, 4) is 11.5 Å². The molecule has 1 aliphatic rings. The molecule has 0 radical (unpaired) electrons. The fourth-order valence-electron chi connectivity index (χ4n) is 1.68. The lowest BCUT2D eigenvalue weighted by molar-refractivity contribution is -0.116. The molecule has 0 fully saturated rings. The Labute approximate surface area is 99.3 Å². The zero-order valence-corrected chi connectivity index (χ0v) is 9.84. The number of fused-ring (bicyclic) bond motifs is 1. The largest absolute Gasteiger partial charge is 0.490 e. The van der Waals surface area contributed by atoms with Crippen LogP contribution in [0.15, 0.2) is 12.1 Å². The van der Waals surface area contributed by atoms with E-state index in [1.54, 1.807) is 12.1 Å². The molecule has 2 rings (SSSR count). The average molecular weight is 241 g/mol. The number of ketones is 1. The van der Waals surface area contributed by atoms with Gasteiger partial charge in [-0.1, -0.05) is 11.6 Å². The average Bonchev–Trinajstić information content (AvgIpc) is 2.47. The summed E-state index contributed by atoms with van der Waals surface area (Å²) >= 11 is 6.07. The second-order valence-corrected chi connectivity index (χ2v) is 4.19. The minimum atomic E-state index is 0.0585. The van der Waals surface area contributed by atoms with Crippen molar-refractivity contribution in [1.29, 1.82) is 0 Å². The molecule has 0 bridgehead atoms. The Morgan fingerprint density at radius 1 is 1.38 bits per heavy atom. The van der Waals surface area contributed by atoms with Crippen LogP contribution in [-0.4, -0.2) is 19.0 Å². The van der Waals surface area contributed by atoms with Crippen LogP contribution < -0.4 is 9.47 Å². The van der Waals surface area contributed by atoms with Crippen molar-refractivity contribution >= 4 is 17.4 Å². The van der Waals surface area contributed by atoms with Crippen LogP contribution in [0.2, 0.25) is 5.02 Å². The standard InChI is InChI=1S/C12H13ClO3/c1-8(14)7-9-10(13)3-4-11-12(9)16-6-2-5-15-11/h3-4H,2,5-7H2,1H3. The summed E-state index contributed by atoms with van der Waals surface area (Å²) in [7, 11) is 0. The minimum Gasteiger partial charge on any atom is -0.490 e. The molecular weight excluding hydrogens is 228 g/mol. The number of benzene rings is 1. The smallest absolute Gasteiger partial charge is 0.166 e. The first kappa shape index (κ1) is 11.3. The molecule has 0 aliphatic carbocycles. The number of ether oxygens (including phenoxy) is 2. The lowest BCUT2D eigenvalue weighted by atomic mass is 10.1. The van der Waals surface area contributed by atoms with Crippen LogP contribution in [0.5, 0.6) is 11.5 Å². The maximum atomic E-state index is 11.2. The molecule has 3 nitrogen and oxygen atoms in total. The van der Waals surface area contributed by atoms with E-state index in [1.165, 1.54) is 6.92 Å². The zero-order chi connectivity index (χ0) is 11.5. The topological polar surface area (TPSA) is 35.5 Å². The number of carbonyl (C=O) groups is 1. The second kappa shape index (κ2) is 4.74. The molecule has 0 N–H and O–H groups in total. The predicted octanol–water partition coefficient (Wildman–Crippen LogP) is 2.63. The highest BCUT2D eigenvalue weighted by atomic mass is 35.5. The van der Waals surface area contributed by atoms with Gasteiger partial charge in [0.1, 0.15) is 5.78 Å². The van der Waals surface area contributed by atoms with Crippen LogP contribution in [0, 0.1) is 0 Å². The fraction of sp³-hybridized carbons (Fsp3) is 0.417. The molecular formula is C12H13ClO3. The van der Waals surface area contributed by atoms with Gasteiger partial charge < -0.3 is 9.47 Å². The van der Waals surface area contributed by atoms with E-state index in [2.05, 4.69) is 0 Å². The van der Waals surface area contributed by atoms with Gasteiger partial charge in [0.15, 0.2) is 11.5 Å². The molecule has 0 spiro atoms. The third-order valence-corrected chi connectivity index (χ3v) is 2.74. The van der Waals surface area contributed by atoms with E-state index in [0.29, 0.717) is 29.7 Å². The Morgan fingerprint density at radius 2 is 2.12 bits per heavy atom. The highest BCUT2D eigenvalue weighted by Gasteiger charge is 2.18. The van der Waals surface area contributed by atoms with Gasteiger partial charge in [-0.2, -0.15) is 0 Å². The van der Waals surface area contributed by atoms with E-state index in [1.807, 2.05) is 0 Å². The maximum absolute atomic E-state index is 11.2. The van der Waals surface area contributed by atoms with E-state index < -0.39 is 0 Å². The van der Waals surface area contributed by atoms with Gasteiger partial charge in [-0.3, -0.25) is 4.79 Å². The summed E-state index contributed by atoms with van der Waals surface area (Å²) in [6.07, 6.45) is 1.12. The third-order valence-electron chi connectivity index (χ3n) is 2.39. The molecule has 16 heavy (non-hydrogen) atoms. The lowest BCUT2D eigenvalue weighted by Crippen LogP contribution is -2.03. The van der Waals surface area contributed by atoms with Gasteiger partial charge >= 0.3 is 0 Å². The van der Waals surface area contributed by atoms with Gasteiger partial charge in [-0.25, -0.2) is 0 Å². The molecule has 0 atom stereocenters. The molecule has 0 saturated carbocycles. The summed E-state index contributed by atoms with van der Waals surface area (Å²) < 4.78 is 11.1. The van der Waals surface area contributed by atoms with E-state index in [9.17, 15) is 4.79 Å². The van der Waals surface area contributed by atoms with Gasteiger partial charge in [-0.15, -0.1) is 0 Å². The van der Waals surface area contributed by atoms with Crippen LogP contribution in [-0.2, 0) is 11.2 Å². The van der Waals surface area contributed by atoms with Gasteiger partial charge in [0, 0.05) is 23.4 Å². The quantitative estimate of drug-likeness (QED) is 0.797. The molecule has 1 aliphatic heterocycles. The third kappa shape index (κ3) is 2.30. The summed E-state index contributed by atoms with van der Waals surface area (Å²) in [4.78, 5) is 11.2. The molecule has 0 saturated heterocycles. The van der Waals surface area contributed by atoms with E-state index >= 15 is 0 Å². The Kier molecular flexibility index (Phi) is 3.34. The molecule has 1 aromatic rings. The molecule has 1 aromatic carbocycles. The van der Waals surface area contributed by atoms with E-state index in [4.69, 9.17) is 21.1 Å². The van der Waals surface area contributed by atoms with Crippen molar-refractivity contribution in [2.24, 2.45) is 0 Å². The number of rotatable bonds is 2. The first-order valence-electron chi connectivity index (χ1n) is 5.25. The monoisotopic (exact) mass is 240 g/mol. The Hall–Kier alpha value is -1.22. The highest BCUT2D eigenvalue weighted by molar-refractivity contribution is 6.31. The maximum Gasteiger partial charge on any atom is 0.166 e.